The van der Waals surface area contributed by atoms with Gasteiger partial charge in [-0.05, 0) is 0 Å². The summed E-state index contributed by atoms with van der Waals surface area (Å²) >= 11 is 0. The molecule has 0 atom stereocenters. The second kappa shape index (κ2) is 3.52. The van der Waals surface area contributed by atoms with E-state index >= 15 is 0 Å². The molecule has 78 valence electrons. The molecule has 0 spiro atoms. The maximum atomic E-state index is 10.9. The Balaban J connectivity index is 2.14. The fourth-order valence-corrected chi connectivity index (χ4v) is 1.05. The van der Waals surface area contributed by atoms with Crippen LogP contribution in [0.25, 0.3) is 0 Å². The van der Waals surface area contributed by atoms with Gasteiger partial charge in [0.05, 0.1) is 6.20 Å². The number of hydrogen-bond donors (Lipinski definition) is 1. The molecule has 2 rings (SSSR count). The predicted molar refractivity (Wildman–Crippen MR) is 50.0 cm³/mol. The topological polar surface area (TPSA) is 99.8 Å². The van der Waals surface area contributed by atoms with Crippen molar-refractivity contribution in [1.29, 1.82) is 0 Å². The van der Waals surface area contributed by atoms with Crippen molar-refractivity contribution in [2.75, 3.05) is 5.73 Å². The summed E-state index contributed by atoms with van der Waals surface area (Å²) in [6.07, 6.45) is 2.74. The van der Waals surface area contributed by atoms with Gasteiger partial charge in [0.2, 0.25) is 5.89 Å². The Labute approximate surface area is 84.9 Å². The van der Waals surface area contributed by atoms with Crippen LogP contribution in [0.2, 0.25) is 0 Å². The zero-order valence-electron chi connectivity index (χ0n) is 8.04. The standard InChI is InChI=1S/C8H9N5O2/c1-5(14)6-4-15-8(11-6)3-13-10-2-7(9)12-13/h2,4H,3H2,1H3,(H2,9,12). The zero-order chi connectivity index (χ0) is 10.8. The van der Waals surface area contributed by atoms with Gasteiger partial charge in [-0.25, -0.2) is 4.98 Å². The Bertz CT molecular complexity index is 487. The molecule has 2 N–H and O–H groups in total. The summed E-state index contributed by atoms with van der Waals surface area (Å²) < 4.78 is 5.07. The van der Waals surface area contributed by atoms with Crippen LogP contribution >= 0.6 is 0 Å². The molecule has 0 fully saturated rings. The lowest BCUT2D eigenvalue weighted by atomic mass is 10.3. The largest absolute Gasteiger partial charge is 0.446 e. The molecule has 0 saturated heterocycles. The first-order valence-corrected chi connectivity index (χ1v) is 4.26. The molecule has 7 nitrogen and oxygen atoms in total. The Kier molecular flexibility index (Phi) is 2.20. The molecule has 2 heterocycles. The highest BCUT2D eigenvalue weighted by molar-refractivity contribution is 5.91. The van der Waals surface area contributed by atoms with Gasteiger partial charge in [-0.15, -0.1) is 5.10 Å². The number of ketones is 1. The number of Topliss-reactive ketones (excluding diaryl/α,β-unsaturated/α-hetero) is 1. The van der Waals surface area contributed by atoms with Crippen LogP contribution in [-0.4, -0.2) is 25.8 Å². The van der Waals surface area contributed by atoms with Crippen LogP contribution in [0.15, 0.2) is 16.9 Å². The number of nitrogens with two attached hydrogens (primary N) is 1. The van der Waals surface area contributed by atoms with Crippen molar-refractivity contribution in [2.45, 2.75) is 13.5 Å². The number of carbonyl (C=O) groups excluding carboxylic acids is 1. The van der Waals surface area contributed by atoms with Crippen LogP contribution in [-0.2, 0) is 6.54 Å². The lowest BCUT2D eigenvalue weighted by Gasteiger charge is -1.92. The van der Waals surface area contributed by atoms with E-state index in [-0.39, 0.29) is 12.3 Å². The lowest BCUT2D eigenvalue weighted by Crippen LogP contribution is -2.05. The molecule has 7 heteroatoms. The molecule has 0 aromatic carbocycles. The third-order valence-corrected chi connectivity index (χ3v) is 1.74. The van der Waals surface area contributed by atoms with Crippen LogP contribution in [0.4, 0.5) is 5.82 Å². The molecular weight excluding hydrogens is 198 g/mol. The highest BCUT2D eigenvalue weighted by atomic mass is 16.3. The Hall–Kier alpha value is -2.18. The fraction of sp³-hybridized carbons (Fsp3) is 0.250. The van der Waals surface area contributed by atoms with E-state index in [4.69, 9.17) is 10.2 Å². The third kappa shape index (κ3) is 2.01. The number of hydrogen-bond acceptors (Lipinski definition) is 6. The van der Waals surface area contributed by atoms with Crippen molar-refractivity contribution in [3.05, 3.63) is 24.0 Å². The van der Waals surface area contributed by atoms with Gasteiger partial charge in [0, 0.05) is 6.92 Å². The van der Waals surface area contributed by atoms with E-state index in [1.165, 1.54) is 24.2 Å². The lowest BCUT2D eigenvalue weighted by molar-refractivity contribution is 0.101. The monoisotopic (exact) mass is 207 g/mol. The molecular formula is C8H9N5O2. The van der Waals surface area contributed by atoms with E-state index in [0.29, 0.717) is 17.4 Å². The maximum Gasteiger partial charge on any atom is 0.218 e. The van der Waals surface area contributed by atoms with Crippen molar-refractivity contribution in [2.24, 2.45) is 0 Å². The summed E-state index contributed by atoms with van der Waals surface area (Å²) in [5, 5.41) is 7.72. The zero-order valence-corrected chi connectivity index (χ0v) is 8.04. The Morgan fingerprint density at radius 3 is 3.00 bits per heavy atom. The minimum atomic E-state index is -0.141. The Morgan fingerprint density at radius 2 is 2.47 bits per heavy atom. The van der Waals surface area contributed by atoms with E-state index in [0.717, 1.165) is 0 Å². The van der Waals surface area contributed by atoms with Gasteiger partial charge < -0.3 is 10.2 Å². The average molecular weight is 207 g/mol. The highest BCUT2D eigenvalue weighted by Gasteiger charge is 2.08. The first kappa shape index (κ1) is 9.38. The van der Waals surface area contributed by atoms with Gasteiger partial charge in [-0.1, -0.05) is 0 Å². The first-order chi connectivity index (χ1) is 7.15. The van der Waals surface area contributed by atoms with Gasteiger partial charge in [0.25, 0.3) is 0 Å². The van der Waals surface area contributed by atoms with Crippen molar-refractivity contribution >= 4 is 11.6 Å². The molecule has 0 unspecified atom stereocenters. The SMILES string of the molecule is CC(=O)c1coc(Cn2ncc(N)n2)n1. The fourth-order valence-electron chi connectivity index (χ4n) is 1.05. The third-order valence-electron chi connectivity index (χ3n) is 1.74. The van der Waals surface area contributed by atoms with Crippen LogP contribution in [0.3, 0.4) is 0 Å². The number of aromatic nitrogens is 4. The Morgan fingerprint density at radius 1 is 1.67 bits per heavy atom. The number of carbonyl (C=O) groups is 1. The number of nitrogens with zero attached hydrogens (tertiary/aromatic N) is 4. The summed E-state index contributed by atoms with van der Waals surface area (Å²) in [7, 11) is 0. The molecule has 0 radical (unpaired) electrons. The predicted octanol–water partition coefficient (Wildman–Crippen LogP) is 0.0992. The summed E-state index contributed by atoms with van der Waals surface area (Å²) in [4.78, 5) is 16.2. The van der Waals surface area contributed by atoms with Crippen LogP contribution < -0.4 is 5.73 Å². The summed E-state index contributed by atoms with van der Waals surface area (Å²) in [6, 6.07) is 0. The molecule has 0 bridgehead atoms. The number of nitrogen functional groups attached to an aromatic ring is 1. The average Bonchev–Trinajstić information content (AvgIpc) is 2.76. The second-order valence-corrected chi connectivity index (χ2v) is 2.98. The first-order valence-electron chi connectivity index (χ1n) is 4.26. The van der Waals surface area contributed by atoms with Crippen LogP contribution in [0, 0.1) is 0 Å². The summed E-state index contributed by atoms with van der Waals surface area (Å²) in [5.41, 5.74) is 5.68. The summed E-state index contributed by atoms with van der Waals surface area (Å²) in [6.45, 7) is 1.68. The van der Waals surface area contributed by atoms with Crippen molar-refractivity contribution in [3.63, 3.8) is 0 Å². The van der Waals surface area contributed by atoms with Crippen molar-refractivity contribution in [1.82, 2.24) is 20.0 Å². The van der Waals surface area contributed by atoms with Crippen molar-refractivity contribution in [3.8, 4) is 0 Å². The second-order valence-electron chi connectivity index (χ2n) is 2.98. The molecule has 0 amide bonds. The van der Waals surface area contributed by atoms with Crippen LogP contribution in [0.1, 0.15) is 23.3 Å². The molecule has 0 aliphatic rings. The van der Waals surface area contributed by atoms with E-state index in [2.05, 4.69) is 15.2 Å². The molecule has 0 aliphatic heterocycles. The van der Waals surface area contributed by atoms with Gasteiger partial charge in [-0.3, -0.25) is 4.79 Å². The van der Waals surface area contributed by atoms with Gasteiger partial charge in [0.1, 0.15) is 18.5 Å². The van der Waals surface area contributed by atoms with Crippen molar-refractivity contribution < 1.29 is 9.21 Å². The molecule has 0 aliphatic carbocycles. The highest BCUT2D eigenvalue weighted by Crippen LogP contribution is 2.04. The van der Waals surface area contributed by atoms with E-state index < -0.39 is 0 Å². The van der Waals surface area contributed by atoms with E-state index in [1.54, 1.807) is 0 Å². The van der Waals surface area contributed by atoms with E-state index in [1.807, 2.05) is 0 Å². The van der Waals surface area contributed by atoms with Gasteiger partial charge in [-0.2, -0.15) is 9.90 Å². The quantitative estimate of drug-likeness (QED) is 0.716. The molecule has 2 aromatic heterocycles. The molecule has 2 aromatic rings. The molecule has 15 heavy (non-hydrogen) atoms. The number of anilines is 1. The maximum absolute atomic E-state index is 10.9. The number of rotatable bonds is 3. The van der Waals surface area contributed by atoms with Gasteiger partial charge in [0.15, 0.2) is 11.6 Å². The minimum Gasteiger partial charge on any atom is -0.446 e. The minimum absolute atomic E-state index is 0.141. The summed E-state index contributed by atoms with van der Waals surface area (Å²) in [5.74, 6) is 0.557. The molecule has 0 saturated carbocycles. The number of oxazole rings is 1. The van der Waals surface area contributed by atoms with Gasteiger partial charge >= 0.3 is 0 Å². The van der Waals surface area contributed by atoms with Crippen LogP contribution in [0.5, 0.6) is 0 Å². The smallest absolute Gasteiger partial charge is 0.218 e. The van der Waals surface area contributed by atoms with E-state index in [9.17, 15) is 4.79 Å². The normalized spacial score (nSPS) is 10.5.